The molecule has 1 aromatic carbocycles. The van der Waals surface area contributed by atoms with Crippen molar-refractivity contribution >= 4 is 21.7 Å². The topological polar surface area (TPSA) is 92.7 Å². The number of aliphatic carboxylic acids is 1. The quantitative estimate of drug-likeness (QED) is 0.698. The maximum atomic E-state index is 11.7. The molecule has 0 fully saturated rings. The molecule has 2 N–H and O–H groups in total. The van der Waals surface area contributed by atoms with E-state index in [9.17, 15) is 13.2 Å². The van der Waals surface area contributed by atoms with Crippen LogP contribution in [0.4, 0.5) is 5.69 Å². The minimum Gasteiger partial charge on any atom is -0.481 e. The van der Waals surface area contributed by atoms with Gasteiger partial charge in [0.15, 0.2) is 0 Å². The van der Waals surface area contributed by atoms with Gasteiger partial charge in [-0.1, -0.05) is 12.1 Å². The van der Waals surface area contributed by atoms with Crippen LogP contribution in [0.1, 0.15) is 12.0 Å². The van der Waals surface area contributed by atoms with Crippen LogP contribution in [0.2, 0.25) is 0 Å². The molecule has 0 amide bonds. The van der Waals surface area contributed by atoms with Crippen LogP contribution >= 0.6 is 0 Å². The zero-order valence-electron chi connectivity index (χ0n) is 10.6. The molecule has 0 bridgehead atoms. The van der Waals surface area contributed by atoms with E-state index in [-0.39, 0.29) is 12.2 Å². The lowest BCUT2D eigenvalue weighted by molar-refractivity contribution is -0.136. The van der Waals surface area contributed by atoms with Gasteiger partial charge in [0.1, 0.15) is 0 Å². The fraction of sp³-hybridized carbons (Fsp3) is 0.417. The van der Waals surface area contributed by atoms with E-state index in [0.717, 1.165) is 0 Å². The van der Waals surface area contributed by atoms with E-state index < -0.39 is 16.0 Å². The van der Waals surface area contributed by atoms with Gasteiger partial charge in [0, 0.05) is 19.4 Å². The van der Waals surface area contributed by atoms with Crippen molar-refractivity contribution in [3.8, 4) is 0 Å². The molecular weight excluding hydrogens is 270 g/mol. The van der Waals surface area contributed by atoms with Gasteiger partial charge in [-0.3, -0.25) is 9.52 Å². The van der Waals surface area contributed by atoms with Crippen LogP contribution in [-0.4, -0.2) is 39.0 Å². The van der Waals surface area contributed by atoms with Gasteiger partial charge in [0.25, 0.3) is 0 Å². The van der Waals surface area contributed by atoms with Crippen molar-refractivity contribution in [2.75, 3.05) is 24.2 Å². The molecule has 0 unspecified atom stereocenters. The summed E-state index contributed by atoms with van der Waals surface area (Å²) < 4.78 is 30.6. The molecule has 0 heterocycles. The average molecular weight is 287 g/mol. The van der Waals surface area contributed by atoms with Gasteiger partial charge in [-0.2, -0.15) is 0 Å². The molecule has 106 valence electrons. The maximum Gasteiger partial charge on any atom is 0.307 e. The predicted octanol–water partition coefficient (Wildman–Crippen LogP) is 1.09. The first-order valence-electron chi connectivity index (χ1n) is 5.73. The van der Waals surface area contributed by atoms with Crippen molar-refractivity contribution in [1.82, 2.24) is 0 Å². The highest BCUT2D eigenvalue weighted by molar-refractivity contribution is 7.92. The zero-order valence-corrected chi connectivity index (χ0v) is 11.4. The van der Waals surface area contributed by atoms with Crippen LogP contribution < -0.4 is 4.72 Å². The van der Waals surface area contributed by atoms with E-state index in [1.807, 2.05) is 0 Å². The highest BCUT2D eigenvalue weighted by atomic mass is 32.2. The van der Waals surface area contributed by atoms with Gasteiger partial charge in [-0.05, 0) is 24.1 Å². The maximum absolute atomic E-state index is 11.7. The number of nitrogens with one attached hydrogen (secondary N) is 1. The second kappa shape index (κ2) is 7.10. The number of rotatable bonds is 8. The molecular formula is C12H17NO5S. The van der Waals surface area contributed by atoms with Gasteiger partial charge in [-0.15, -0.1) is 0 Å². The SMILES string of the molecule is COCCCS(=O)(=O)Nc1ccc(CC(=O)O)cc1. The number of anilines is 1. The van der Waals surface area contributed by atoms with E-state index in [1.54, 1.807) is 24.3 Å². The second-order valence-corrected chi connectivity index (χ2v) is 5.88. The zero-order chi connectivity index (χ0) is 14.3. The Morgan fingerprint density at radius 1 is 1.32 bits per heavy atom. The molecule has 19 heavy (non-hydrogen) atoms. The Morgan fingerprint density at radius 3 is 2.47 bits per heavy atom. The summed E-state index contributed by atoms with van der Waals surface area (Å²) in [6, 6.07) is 6.26. The molecule has 7 heteroatoms. The van der Waals surface area contributed by atoms with Crippen LogP contribution in [0.25, 0.3) is 0 Å². The van der Waals surface area contributed by atoms with Crippen LogP contribution in [0.3, 0.4) is 0 Å². The van der Waals surface area contributed by atoms with Crippen LogP contribution in [0.15, 0.2) is 24.3 Å². The summed E-state index contributed by atoms with van der Waals surface area (Å²) in [5.74, 6) is -0.939. The first-order valence-corrected chi connectivity index (χ1v) is 7.38. The molecule has 0 spiro atoms. The smallest absolute Gasteiger partial charge is 0.307 e. The fourth-order valence-electron chi connectivity index (χ4n) is 1.49. The Balaban J connectivity index is 2.59. The molecule has 1 rings (SSSR count). The van der Waals surface area contributed by atoms with Crippen molar-refractivity contribution in [2.45, 2.75) is 12.8 Å². The van der Waals surface area contributed by atoms with E-state index in [0.29, 0.717) is 24.3 Å². The summed E-state index contributed by atoms with van der Waals surface area (Å²) in [5.41, 5.74) is 1.04. The molecule has 1 aromatic rings. The van der Waals surface area contributed by atoms with Crippen LogP contribution in [0.5, 0.6) is 0 Å². The summed E-state index contributed by atoms with van der Waals surface area (Å²) in [6.07, 6.45) is 0.337. The average Bonchev–Trinajstić information content (AvgIpc) is 2.31. The van der Waals surface area contributed by atoms with Gasteiger partial charge in [0.2, 0.25) is 10.0 Å². The third kappa shape index (κ3) is 6.21. The third-order valence-electron chi connectivity index (χ3n) is 2.34. The monoisotopic (exact) mass is 287 g/mol. The lowest BCUT2D eigenvalue weighted by Crippen LogP contribution is -2.17. The molecule has 0 aliphatic rings. The summed E-state index contributed by atoms with van der Waals surface area (Å²) >= 11 is 0. The number of carboxylic acid groups (broad SMARTS) is 1. The van der Waals surface area contributed by atoms with Gasteiger partial charge < -0.3 is 9.84 Å². The van der Waals surface area contributed by atoms with E-state index in [1.165, 1.54) is 7.11 Å². The van der Waals surface area contributed by atoms with Gasteiger partial charge >= 0.3 is 5.97 Å². The van der Waals surface area contributed by atoms with Crippen LogP contribution in [-0.2, 0) is 26.0 Å². The highest BCUT2D eigenvalue weighted by Gasteiger charge is 2.10. The van der Waals surface area contributed by atoms with Crippen molar-refractivity contribution in [1.29, 1.82) is 0 Å². The Bertz CT molecular complexity index is 509. The van der Waals surface area contributed by atoms with E-state index in [2.05, 4.69) is 4.72 Å². The summed E-state index contributed by atoms with van der Waals surface area (Å²) in [5, 5.41) is 8.62. The Morgan fingerprint density at radius 2 is 1.95 bits per heavy atom. The fourth-order valence-corrected chi connectivity index (χ4v) is 2.58. The van der Waals surface area contributed by atoms with Crippen molar-refractivity contribution in [3.63, 3.8) is 0 Å². The normalized spacial score (nSPS) is 11.2. The molecule has 0 saturated heterocycles. The number of carbonyl (C=O) groups is 1. The lowest BCUT2D eigenvalue weighted by atomic mass is 10.1. The number of hydrogen-bond donors (Lipinski definition) is 2. The number of carboxylic acids is 1. The summed E-state index contributed by atoms with van der Waals surface area (Å²) in [7, 11) is -1.87. The standard InChI is InChI=1S/C12H17NO5S/c1-18-7-2-8-19(16,17)13-11-5-3-10(4-6-11)9-12(14)15/h3-6,13H,2,7-9H2,1H3,(H,14,15). The van der Waals surface area contributed by atoms with Gasteiger partial charge in [-0.25, -0.2) is 8.42 Å². The first-order chi connectivity index (χ1) is 8.93. The Labute approximate surface area is 112 Å². The van der Waals surface area contributed by atoms with E-state index >= 15 is 0 Å². The molecule has 0 aromatic heterocycles. The molecule has 0 aliphatic carbocycles. The number of hydrogen-bond acceptors (Lipinski definition) is 4. The lowest BCUT2D eigenvalue weighted by Gasteiger charge is -2.08. The Hall–Kier alpha value is -1.60. The number of methoxy groups -OCH3 is 1. The predicted molar refractivity (Wildman–Crippen MR) is 71.7 cm³/mol. The minimum absolute atomic E-state index is 0.0162. The molecule has 0 aliphatic heterocycles. The Kier molecular flexibility index (Phi) is 5.78. The minimum atomic E-state index is -3.39. The van der Waals surface area contributed by atoms with Crippen molar-refractivity contribution in [2.24, 2.45) is 0 Å². The number of ether oxygens (including phenoxy) is 1. The van der Waals surface area contributed by atoms with Crippen molar-refractivity contribution in [3.05, 3.63) is 29.8 Å². The highest BCUT2D eigenvalue weighted by Crippen LogP contribution is 2.12. The van der Waals surface area contributed by atoms with Gasteiger partial charge in [0.05, 0.1) is 12.2 Å². The van der Waals surface area contributed by atoms with E-state index in [4.69, 9.17) is 9.84 Å². The number of benzene rings is 1. The van der Waals surface area contributed by atoms with Crippen molar-refractivity contribution < 1.29 is 23.1 Å². The molecule has 0 saturated carbocycles. The largest absolute Gasteiger partial charge is 0.481 e. The summed E-state index contributed by atoms with van der Waals surface area (Å²) in [6.45, 7) is 0.387. The third-order valence-corrected chi connectivity index (χ3v) is 3.72. The molecule has 0 atom stereocenters. The van der Waals surface area contributed by atoms with Crippen LogP contribution in [0, 0.1) is 0 Å². The second-order valence-electron chi connectivity index (χ2n) is 4.03. The first kappa shape index (κ1) is 15.5. The molecule has 0 radical (unpaired) electrons. The summed E-state index contributed by atoms with van der Waals surface area (Å²) in [4.78, 5) is 10.5. The number of sulfonamides is 1. The molecule has 6 nitrogen and oxygen atoms in total.